The van der Waals surface area contributed by atoms with E-state index in [9.17, 15) is 10.2 Å². The minimum atomic E-state index is -0.665. The lowest BCUT2D eigenvalue weighted by atomic mass is 9.57. The molecule has 0 aliphatic heterocycles. The zero-order valence-electron chi connectivity index (χ0n) is 15.9. The first kappa shape index (κ1) is 19.2. The van der Waals surface area contributed by atoms with Crippen LogP contribution in [0.25, 0.3) is 0 Å². The van der Waals surface area contributed by atoms with Crippen molar-refractivity contribution in [3.05, 3.63) is 0 Å². The van der Waals surface area contributed by atoms with Crippen molar-refractivity contribution in [3.63, 3.8) is 0 Å². The molecule has 2 aliphatic carbocycles. The SMILES string of the molecule is CCC(O)(CC)COCCC1CC2C(O)CCCC2(C)C1(C)C. The quantitative estimate of drug-likeness (QED) is 0.691. The van der Waals surface area contributed by atoms with Crippen molar-refractivity contribution in [3.8, 4) is 0 Å². The van der Waals surface area contributed by atoms with Crippen LogP contribution in [0.2, 0.25) is 0 Å². The van der Waals surface area contributed by atoms with E-state index in [1.165, 1.54) is 6.42 Å². The molecule has 0 saturated heterocycles. The number of ether oxygens (including phenoxy) is 1. The minimum absolute atomic E-state index is 0.121. The van der Waals surface area contributed by atoms with Crippen molar-refractivity contribution in [2.75, 3.05) is 13.2 Å². The molecule has 0 aromatic heterocycles. The Morgan fingerprint density at radius 1 is 1.17 bits per heavy atom. The van der Waals surface area contributed by atoms with E-state index in [2.05, 4.69) is 20.8 Å². The number of hydrogen-bond donors (Lipinski definition) is 2. The molecule has 136 valence electrons. The second-order valence-electron chi connectivity index (χ2n) is 8.91. The van der Waals surface area contributed by atoms with Gasteiger partial charge in [-0.15, -0.1) is 0 Å². The third-order valence-electron chi connectivity index (χ3n) is 7.81. The molecule has 2 saturated carbocycles. The zero-order valence-corrected chi connectivity index (χ0v) is 15.9. The van der Waals surface area contributed by atoms with Crippen LogP contribution < -0.4 is 0 Å². The molecule has 0 amide bonds. The van der Waals surface area contributed by atoms with Gasteiger partial charge >= 0.3 is 0 Å². The smallest absolute Gasteiger partial charge is 0.0874 e. The van der Waals surface area contributed by atoms with E-state index in [0.717, 1.165) is 45.1 Å². The molecule has 3 nitrogen and oxygen atoms in total. The van der Waals surface area contributed by atoms with E-state index in [1.807, 2.05) is 13.8 Å². The third kappa shape index (κ3) is 3.48. The van der Waals surface area contributed by atoms with Crippen LogP contribution in [0, 0.1) is 22.7 Å². The number of rotatable bonds is 7. The summed E-state index contributed by atoms with van der Waals surface area (Å²) >= 11 is 0. The van der Waals surface area contributed by atoms with E-state index in [-0.39, 0.29) is 16.9 Å². The van der Waals surface area contributed by atoms with Gasteiger partial charge in [0.15, 0.2) is 0 Å². The van der Waals surface area contributed by atoms with Gasteiger partial charge in [0.05, 0.1) is 18.3 Å². The topological polar surface area (TPSA) is 49.7 Å². The van der Waals surface area contributed by atoms with Crippen molar-refractivity contribution in [2.45, 2.75) is 91.3 Å². The molecule has 2 fully saturated rings. The lowest BCUT2D eigenvalue weighted by Gasteiger charge is -2.48. The monoisotopic (exact) mass is 326 g/mol. The molecule has 3 heteroatoms. The number of aliphatic hydroxyl groups excluding tert-OH is 1. The Balaban J connectivity index is 1.91. The second-order valence-corrected chi connectivity index (χ2v) is 8.91. The molecule has 4 atom stereocenters. The Labute approximate surface area is 142 Å². The highest BCUT2D eigenvalue weighted by Gasteiger charge is 2.59. The van der Waals surface area contributed by atoms with Gasteiger partial charge in [-0.05, 0) is 61.2 Å². The number of fused-ring (bicyclic) bond motifs is 1. The van der Waals surface area contributed by atoms with Gasteiger partial charge in [-0.2, -0.15) is 0 Å². The average molecular weight is 327 g/mol. The highest BCUT2D eigenvalue weighted by molar-refractivity contribution is 5.08. The zero-order chi connectivity index (χ0) is 17.3. The standard InChI is InChI=1S/C20H38O3/c1-6-20(22,7-2)14-23-12-10-15-13-16-17(21)9-8-11-19(16,5)18(15,3)4/h15-17,21-22H,6-14H2,1-5H3. The summed E-state index contributed by atoms with van der Waals surface area (Å²) in [5, 5.41) is 20.8. The Morgan fingerprint density at radius 2 is 1.83 bits per heavy atom. The summed E-state index contributed by atoms with van der Waals surface area (Å²) in [6.45, 7) is 12.4. The van der Waals surface area contributed by atoms with Gasteiger partial charge in [-0.3, -0.25) is 0 Å². The molecule has 2 N–H and O–H groups in total. The maximum absolute atomic E-state index is 10.5. The van der Waals surface area contributed by atoms with E-state index >= 15 is 0 Å². The molecule has 0 heterocycles. The van der Waals surface area contributed by atoms with Crippen molar-refractivity contribution >= 4 is 0 Å². The lowest BCUT2D eigenvalue weighted by molar-refractivity contribution is -0.0609. The van der Waals surface area contributed by atoms with E-state index in [1.54, 1.807) is 0 Å². The van der Waals surface area contributed by atoms with Crippen molar-refractivity contribution in [1.82, 2.24) is 0 Å². The van der Waals surface area contributed by atoms with Gasteiger partial charge in [-0.25, -0.2) is 0 Å². The predicted octanol–water partition coefficient (Wildman–Crippen LogP) is 4.16. The lowest BCUT2D eigenvalue weighted by Crippen LogP contribution is -2.44. The Bertz CT molecular complexity index is 388. The van der Waals surface area contributed by atoms with E-state index < -0.39 is 5.60 Å². The molecular weight excluding hydrogens is 288 g/mol. The van der Waals surface area contributed by atoms with Crippen LogP contribution in [0.5, 0.6) is 0 Å². The van der Waals surface area contributed by atoms with Gasteiger partial charge in [-0.1, -0.05) is 41.0 Å². The minimum Gasteiger partial charge on any atom is -0.393 e. The van der Waals surface area contributed by atoms with Crippen molar-refractivity contribution in [2.24, 2.45) is 22.7 Å². The molecular formula is C20H38O3. The largest absolute Gasteiger partial charge is 0.393 e. The maximum Gasteiger partial charge on any atom is 0.0874 e. The molecule has 0 bridgehead atoms. The summed E-state index contributed by atoms with van der Waals surface area (Å²) < 4.78 is 5.84. The number of hydrogen-bond acceptors (Lipinski definition) is 3. The van der Waals surface area contributed by atoms with E-state index in [0.29, 0.717) is 18.4 Å². The Kier molecular flexibility index (Phi) is 5.86. The summed E-state index contributed by atoms with van der Waals surface area (Å²) in [7, 11) is 0. The molecule has 2 rings (SSSR count). The highest BCUT2D eigenvalue weighted by atomic mass is 16.5. The normalized spacial score (nSPS) is 36.9. The molecule has 0 aromatic carbocycles. The molecule has 0 aromatic rings. The van der Waals surface area contributed by atoms with Crippen LogP contribution >= 0.6 is 0 Å². The highest BCUT2D eigenvalue weighted by Crippen LogP contribution is 2.65. The van der Waals surface area contributed by atoms with Gasteiger partial charge < -0.3 is 14.9 Å². The van der Waals surface area contributed by atoms with Crippen LogP contribution in [0.1, 0.15) is 79.6 Å². The Morgan fingerprint density at radius 3 is 2.39 bits per heavy atom. The van der Waals surface area contributed by atoms with Crippen LogP contribution in [-0.4, -0.2) is 35.1 Å². The van der Waals surface area contributed by atoms with Gasteiger partial charge in [0.2, 0.25) is 0 Å². The molecule has 4 unspecified atom stereocenters. The second kappa shape index (κ2) is 7.01. The first-order chi connectivity index (χ1) is 10.7. The number of aliphatic hydroxyl groups is 2. The van der Waals surface area contributed by atoms with Gasteiger partial charge in [0.1, 0.15) is 0 Å². The van der Waals surface area contributed by atoms with Gasteiger partial charge in [0, 0.05) is 6.61 Å². The molecule has 0 radical (unpaired) electrons. The predicted molar refractivity (Wildman–Crippen MR) is 94.3 cm³/mol. The van der Waals surface area contributed by atoms with Crippen molar-refractivity contribution < 1.29 is 14.9 Å². The van der Waals surface area contributed by atoms with Gasteiger partial charge in [0.25, 0.3) is 0 Å². The fourth-order valence-corrected chi connectivity index (χ4v) is 5.19. The maximum atomic E-state index is 10.5. The summed E-state index contributed by atoms with van der Waals surface area (Å²) in [4.78, 5) is 0. The van der Waals surface area contributed by atoms with Crippen molar-refractivity contribution in [1.29, 1.82) is 0 Å². The van der Waals surface area contributed by atoms with E-state index in [4.69, 9.17) is 4.74 Å². The van der Waals surface area contributed by atoms with Crippen LogP contribution in [-0.2, 0) is 4.74 Å². The fourth-order valence-electron chi connectivity index (χ4n) is 5.19. The summed E-state index contributed by atoms with van der Waals surface area (Å²) in [6.07, 6.45) is 6.89. The molecule has 23 heavy (non-hydrogen) atoms. The molecule has 0 spiro atoms. The molecule has 2 aliphatic rings. The Hall–Kier alpha value is -0.120. The van der Waals surface area contributed by atoms with Crippen LogP contribution in [0.15, 0.2) is 0 Å². The first-order valence-electron chi connectivity index (χ1n) is 9.68. The van der Waals surface area contributed by atoms with Crippen LogP contribution in [0.3, 0.4) is 0 Å². The summed E-state index contributed by atoms with van der Waals surface area (Å²) in [5.74, 6) is 1.04. The average Bonchev–Trinajstić information content (AvgIpc) is 2.72. The summed E-state index contributed by atoms with van der Waals surface area (Å²) in [5.41, 5.74) is -0.168. The third-order valence-corrected chi connectivity index (χ3v) is 7.81. The first-order valence-corrected chi connectivity index (χ1v) is 9.68. The summed E-state index contributed by atoms with van der Waals surface area (Å²) in [6, 6.07) is 0. The fraction of sp³-hybridized carbons (Fsp3) is 1.00. The van der Waals surface area contributed by atoms with Crippen LogP contribution in [0.4, 0.5) is 0 Å².